The molecule has 46 heavy (non-hydrogen) atoms. The number of pyridine rings is 2. The van der Waals surface area contributed by atoms with E-state index in [0.29, 0.717) is 72.0 Å². The minimum absolute atomic E-state index is 0.0521. The van der Waals surface area contributed by atoms with E-state index in [2.05, 4.69) is 44.4 Å². The van der Waals surface area contributed by atoms with Crippen molar-refractivity contribution in [3.63, 3.8) is 0 Å². The van der Waals surface area contributed by atoms with Crippen molar-refractivity contribution in [2.45, 2.75) is 19.6 Å². The molecule has 3 aliphatic rings. The van der Waals surface area contributed by atoms with E-state index in [1.807, 2.05) is 50.9 Å². The highest BCUT2D eigenvalue weighted by molar-refractivity contribution is 5.69. The highest BCUT2D eigenvalue weighted by Gasteiger charge is 2.21. The summed E-state index contributed by atoms with van der Waals surface area (Å²) >= 11 is 0. The number of carboxylic acid groups (broad SMARTS) is 2. The third kappa shape index (κ3) is 8.37. The van der Waals surface area contributed by atoms with Crippen LogP contribution in [0.4, 0.5) is 0 Å². The van der Waals surface area contributed by atoms with Crippen molar-refractivity contribution in [1.82, 2.24) is 44.6 Å². The fraction of sp³-hybridized carbons (Fsp3) is 0.394. The summed E-state index contributed by atoms with van der Waals surface area (Å²) in [5.41, 5.74) is 6.18. The van der Waals surface area contributed by atoms with Crippen LogP contribution in [0.1, 0.15) is 17.1 Å². The molecule has 6 heterocycles. The lowest BCUT2D eigenvalue weighted by atomic mass is 10.0. The van der Waals surface area contributed by atoms with Crippen LogP contribution < -0.4 is 0 Å². The van der Waals surface area contributed by atoms with Gasteiger partial charge in [-0.3, -0.25) is 34.2 Å². The molecule has 0 saturated carbocycles. The topological polar surface area (TPSA) is 144 Å². The number of rotatable bonds is 5. The van der Waals surface area contributed by atoms with E-state index in [-0.39, 0.29) is 13.1 Å². The van der Waals surface area contributed by atoms with E-state index >= 15 is 0 Å². The molecule has 0 aliphatic carbocycles. The third-order valence-corrected chi connectivity index (χ3v) is 8.46. The standard InChI is InChI=1S/C33H39N9O4/c43-32(44)23-40-13-9-38-10-14-41(24-33(45)46)16-12-39(11-15-40)21-28-17-26(25-5-2-1-3-6-25)18-29(35-28)22-42-31(19-34-37-42)30-8-4-7-27(20-38)36-30/h1-8,17-19H,9-16,20-24H2,(H,43,44)(H,45,46). The zero-order valence-electron chi connectivity index (χ0n) is 25.8. The maximum Gasteiger partial charge on any atom is 0.317 e. The Morgan fingerprint density at radius 3 is 1.83 bits per heavy atom. The molecule has 240 valence electrons. The van der Waals surface area contributed by atoms with Crippen LogP contribution in [0, 0.1) is 0 Å². The molecule has 6 bridgehead atoms. The van der Waals surface area contributed by atoms with Crippen molar-refractivity contribution in [3.05, 3.63) is 83.9 Å². The molecule has 3 aromatic heterocycles. The summed E-state index contributed by atoms with van der Waals surface area (Å²) in [7, 11) is 0. The average molecular weight is 626 g/mol. The van der Waals surface area contributed by atoms with E-state index in [9.17, 15) is 19.8 Å². The first-order valence-electron chi connectivity index (χ1n) is 15.6. The van der Waals surface area contributed by atoms with Gasteiger partial charge < -0.3 is 10.2 Å². The summed E-state index contributed by atoms with van der Waals surface area (Å²) in [6.45, 7) is 6.03. The van der Waals surface area contributed by atoms with Crippen LogP contribution >= 0.6 is 0 Å². The quantitative estimate of drug-likeness (QED) is 0.334. The zero-order valence-corrected chi connectivity index (χ0v) is 25.8. The number of nitrogens with zero attached hydrogens (tertiary/aromatic N) is 9. The first-order chi connectivity index (χ1) is 22.4. The lowest BCUT2D eigenvalue weighted by Crippen LogP contribution is -2.47. The molecule has 0 radical (unpaired) electrons. The van der Waals surface area contributed by atoms with Gasteiger partial charge in [0, 0.05) is 65.4 Å². The van der Waals surface area contributed by atoms with Crippen molar-refractivity contribution >= 4 is 11.9 Å². The zero-order chi connectivity index (χ0) is 31.9. The molecule has 13 heteroatoms. The SMILES string of the molecule is O=C(O)CN1CCN2CCN(CC(=O)O)CCN(CC1)Cc1cccc(n1)-c1cnnn1Cc1cc(-c3ccccc3)cc(n1)C2. The summed E-state index contributed by atoms with van der Waals surface area (Å²) in [5, 5.41) is 28.0. The molecular weight excluding hydrogens is 586 g/mol. The Hall–Kier alpha value is -4.56. The Bertz CT molecular complexity index is 1620. The highest BCUT2D eigenvalue weighted by Crippen LogP contribution is 2.24. The van der Waals surface area contributed by atoms with Gasteiger partial charge in [0.25, 0.3) is 0 Å². The molecule has 3 aliphatic heterocycles. The number of carbonyl (C=O) groups is 2. The maximum absolute atomic E-state index is 11.8. The van der Waals surface area contributed by atoms with Crippen LogP contribution in [0.2, 0.25) is 0 Å². The van der Waals surface area contributed by atoms with Crippen LogP contribution in [-0.4, -0.2) is 132 Å². The van der Waals surface area contributed by atoms with Gasteiger partial charge in [-0.25, -0.2) is 9.67 Å². The Balaban J connectivity index is 1.45. The number of aliphatic carboxylic acids is 2. The summed E-state index contributed by atoms with van der Waals surface area (Å²) < 4.78 is 1.84. The van der Waals surface area contributed by atoms with E-state index in [1.165, 1.54) is 0 Å². The molecule has 2 N–H and O–H groups in total. The van der Waals surface area contributed by atoms with E-state index in [1.54, 1.807) is 6.20 Å². The Kier molecular flexibility index (Phi) is 10.0. The summed E-state index contributed by atoms with van der Waals surface area (Å²) in [6, 6.07) is 20.2. The van der Waals surface area contributed by atoms with Crippen molar-refractivity contribution < 1.29 is 19.8 Å². The minimum Gasteiger partial charge on any atom is -0.480 e. The van der Waals surface area contributed by atoms with Gasteiger partial charge >= 0.3 is 11.9 Å². The average Bonchev–Trinajstić information content (AvgIpc) is 3.50. The van der Waals surface area contributed by atoms with Crippen LogP contribution in [-0.2, 0) is 29.2 Å². The molecule has 1 aromatic carbocycles. The lowest BCUT2D eigenvalue weighted by Gasteiger charge is -2.33. The second kappa shape index (κ2) is 14.7. The number of carboxylic acids is 2. The largest absolute Gasteiger partial charge is 0.480 e. The maximum atomic E-state index is 11.8. The van der Waals surface area contributed by atoms with Gasteiger partial charge in [0.2, 0.25) is 0 Å². The Morgan fingerprint density at radius 2 is 1.22 bits per heavy atom. The monoisotopic (exact) mass is 625 g/mol. The van der Waals surface area contributed by atoms with Crippen LogP contribution in [0.5, 0.6) is 0 Å². The normalized spacial score (nSPS) is 20.0. The van der Waals surface area contributed by atoms with Crippen LogP contribution in [0.15, 0.2) is 66.9 Å². The first kappa shape index (κ1) is 31.4. The second-order valence-electron chi connectivity index (χ2n) is 11.9. The molecule has 0 amide bonds. The van der Waals surface area contributed by atoms with Gasteiger partial charge in [0.15, 0.2) is 0 Å². The van der Waals surface area contributed by atoms with Gasteiger partial charge in [0.05, 0.1) is 48.6 Å². The molecule has 7 rings (SSSR count). The lowest BCUT2D eigenvalue weighted by molar-refractivity contribution is -0.139. The molecule has 0 atom stereocenters. The molecular formula is C33H39N9O4. The van der Waals surface area contributed by atoms with Crippen LogP contribution in [0.3, 0.4) is 0 Å². The summed E-state index contributed by atoms with van der Waals surface area (Å²) in [6.07, 6.45) is 1.72. The first-order valence-corrected chi connectivity index (χ1v) is 15.6. The Morgan fingerprint density at radius 1 is 0.630 bits per heavy atom. The van der Waals surface area contributed by atoms with Gasteiger partial charge in [-0.1, -0.05) is 41.6 Å². The molecule has 13 nitrogen and oxygen atoms in total. The predicted molar refractivity (Wildman–Crippen MR) is 171 cm³/mol. The fourth-order valence-corrected chi connectivity index (χ4v) is 6.10. The Labute approximate surface area is 267 Å². The fourth-order valence-electron chi connectivity index (χ4n) is 6.10. The van der Waals surface area contributed by atoms with Crippen molar-refractivity contribution in [2.24, 2.45) is 0 Å². The van der Waals surface area contributed by atoms with E-state index in [4.69, 9.17) is 9.97 Å². The number of benzene rings is 1. The molecule has 1 fully saturated rings. The second-order valence-corrected chi connectivity index (χ2v) is 11.9. The van der Waals surface area contributed by atoms with Gasteiger partial charge in [-0.15, -0.1) is 5.10 Å². The van der Waals surface area contributed by atoms with E-state index in [0.717, 1.165) is 39.6 Å². The number of aromatic nitrogens is 5. The minimum atomic E-state index is -0.860. The van der Waals surface area contributed by atoms with Gasteiger partial charge in [0.1, 0.15) is 5.69 Å². The molecule has 4 aromatic rings. The van der Waals surface area contributed by atoms with Crippen LogP contribution in [0.25, 0.3) is 22.5 Å². The summed E-state index contributed by atoms with van der Waals surface area (Å²) in [5.74, 6) is -1.72. The number of fused-ring (bicyclic) bond motifs is 8. The van der Waals surface area contributed by atoms with Gasteiger partial charge in [-0.05, 0) is 35.4 Å². The van der Waals surface area contributed by atoms with Crippen molar-refractivity contribution in [2.75, 3.05) is 65.4 Å². The van der Waals surface area contributed by atoms with E-state index < -0.39 is 11.9 Å². The third-order valence-electron chi connectivity index (χ3n) is 8.46. The highest BCUT2D eigenvalue weighted by atomic mass is 16.4. The predicted octanol–water partition coefficient (Wildman–Crippen LogP) is 1.85. The molecule has 1 saturated heterocycles. The smallest absolute Gasteiger partial charge is 0.317 e. The van der Waals surface area contributed by atoms with Crippen molar-refractivity contribution in [1.29, 1.82) is 0 Å². The molecule has 0 spiro atoms. The van der Waals surface area contributed by atoms with Crippen molar-refractivity contribution in [3.8, 4) is 22.5 Å². The number of hydrogen-bond acceptors (Lipinski definition) is 10. The summed E-state index contributed by atoms with van der Waals surface area (Å²) in [4.78, 5) is 42.2. The van der Waals surface area contributed by atoms with Gasteiger partial charge in [-0.2, -0.15) is 0 Å². The number of hydrogen-bond donors (Lipinski definition) is 2. The molecule has 0 unspecified atom stereocenters.